The van der Waals surface area contributed by atoms with Gasteiger partial charge in [0.1, 0.15) is 0 Å². The average molecular weight is 549 g/mol. The molecule has 1 heterocycles. The minimum absolute atomic E-state index is 0.123. The number of nitrogens with zero attached hydrogens (tertiary/aromatic N) is 2. The number of benzene rings is 1. The first-order valence-electron chi connectivity index (χ1n) is 15.7. The number of allylic oxidation sites excluding steroid dienone is 1. The Hall–Kier alpha value is -2.40. The normalized spacial score (nSPS) is 30.2. The highest BCUT2D eigenvalue weighted by Crippen LogP contribution is 2.62. The molecule has 0 N–H and O–H groups in total. The number of esters is 1. The molecule has 5 atom stereocenters. The van der Waals surface area contributed by atoms with Crippen LogP contribution in [0.3, 0.4) is 0 Å². The van der Waals surface area contributed by atoms with Gasteiger partial charge in [-0.05, 0) is 73.7 Å². The first kappa shape index (κ1) is 30.6. The molecule has 0 radical (unpaired) electrons. The second-order valence-corrected chi connectivity index (χ2v) is 13.3. The quantitative estimate of drug-likeness (QED) is 0.234. The Morgan fingerprint density at radius 2 is 1.82 bits per heavy atom. The van der Waals surface area contributed by atoms with E-state index < -0.39 is 0 Å². The van der Waals surface area contributed by atoms with Crippen LogP contribution in [0.25, 0.3) is 6.08 Å². The van der Waals surface area contributed by atoms with Gasteiger partial charge >= 0.3 is 5.97 Å². The van der Waals surface area contributed by atoms with Gasteiger partial charge < -0.3 is 9.64 Å². The summed E-state index contributed by atoms with van der Waals surface area (Å²) in [6.07, 6.45) is 13.0. The summed E-state index contributed by atoms with van der Waals surface area (Å²) in [5, 5.41) is 0. The Balaban J connectivity index is 1.35. The van der Waals surface area contributed by atoms with Gasteiger partial charge in [0.05, 0.1) is 6.61 Å². The molecule has 1 aromatic rings. The SMILES string of the molecule is C=C1CC[C@@H]2[C@](C)(CCC[C@]2(C)C(=O)N2CCN(C/C=C/c3ccccc3)CC2)[C@H]1CC[C@H](C)CCOC(C)=O. The fourth-order valence-corrected chi connectivity index (χ4v) is 8.13. The van der Waals surface area contributed by atoms with Crippen LogP contribution in [0, 0.1) is 28.6 Å². The highest BCUT2D eigenvalue weighted by molar-refractivity contribution is 5.83. The van der Waals surface area contributed by atoms with E-state index in [2.05, 4.69) is 73.6 Å². The van der Waals surface area contributed by atoms with E-state index >= 15 is 0 Å². The van der Waals surface area contributed by atoms with E-state index in [9.17, 15) is 9.59 Å². The monoisotopic (exact) mass is 548 g/mol. The lowest BCUT2D eigenvalue weighted by Crippen LogP contribution is -2.59. The molecule has 4 rings (SSSR count). The first-order valence-corrected chi connectivity index (χ1v) is 15.7. The van der Waals surface area contributed by atoms with Crippen molar-refractivity contribution in [1.29, 1.82) is 0 Å². The summed E-state index contributed by atoms with van der Waals surface area (Å²) >= 11 is 0. The zero-order valence-electron chi connectivity index (χ0n) is 25.5. The summed E-state index contributed by atoms with van der Waals surface area (Å²) in [4.78, 5) is 30.0. The van der Waals surface area contributed by atoms with Crippen molar-refractivity contribution in [2.45, 2.75) is 79.1 Å². The number of carbonyl (C=O) groups is 2. The van der Waals surface area contributed by atoms with Crippen LogP contribution in [-0.2, 0) is 14.3 Å². The number of amides is 1. The zero-order chi connectivity index (χ0) is 28.8. The summed E-state index contributed by atoms with van der Waals surface area (Å²) in [6, 6.07) is 10.4. The number of hydrogen-bond donors (Lipinski definition) is 0. The Morgan fingerprint density at radius 1 is 1.10 bits per heavy atom. The topological polar surface area (TPSA) is 49.9 Å². The smallest absolute Gasteiger partial charge is 0.302 e. The fraction of sp³-hybridized carbons (Fsp3) is 0.657. The lowest BCUT2D eigenvalue weighted by atomic mass is 9.46. The highest BCUT2D eigenvalue weighted by atomic mass is 16.5. The fourth-order valence-electron chi connectivity index (χ4n) is 8.13. The van der Waals surface area contributed by atoms with Crippen LogP contribution in [0.4, 0.5) is 0 Å². The number of carbonyl (C=O) groups excluding carboxylic acids is 2. The van der Waals surface area contributed by atoms with Crippen molar-refractivity contribution >= 4 is 18.0 Å². The van der Waals surface area contributed by atoms with Crippen LogP contribution in [0.2, 0.25) is 0 Å². The van der Waals surface area contributed by atoms with Gasteiger partial charge in [-0.2, -0.15) is 0 Å². The Morgan fingerprint density at radius 3 is 2.52 bits per heavy atom. The molecule has 3 fully saturated rings. The molecule has 2 saturated carbocycles. The Kier molecular flexibility index (Phi) is 10.3. The summed E-state index contributed by atoms with van der Waals surface area (Å²) in [6.45, 7) is 18.0. The third-order valence-corrected chi connectivity index (χ3v) is 10.5. The number of rotatable bonds is 10. The third-order valence-electron chi connectivity index (χ3n) is 10.5. The summed E-state index contributed by atoms with van der Waals surface area (Å²) in [5.41, 5.74) is 2.45. The molecule has 5 heteroatoms. The second kappa shape index (κ2) is 13.5. The minimum atomic E-state index is -0.289. The summed E-state index contributed by atoms with van der Waals surface area (Å²) in [7, 11) is 0. The van der Waals surface area contributed by atoms with Gasteiger partial charge in [0.15, 0.2) is 0 Å². The van der Waals surface area contributed by atoms with Crippen LogP contribution in [0.1, 0.15) is 84.6 Å². The molecule has 5 nitrogen and oxygen atoms in total. The summed E-state index contributed by atoms with van der Waals surface area (Å²) < 4.78 is 5.18. The van der Waals surface area contributed by atoms with Crippen molar-refractivity contribution in [3.63, 3.8) is 0 Å². The molecule has 0 bridgehead atoms. The van der Waals surface area contributed by atoms with E-state index in [1.807, 2.05) is 6.07 Å². The Labute approximate surface area is 243 Å². The van der Waals surface area contributed by atoms with Crippen molar-refractivity contribution in [3.05, 3.63) is 54.1 Å². The lowest BCUT2D eigenvalue weighted by molar-refractivity contribution is -0.159. The molecule has 1 amide bonds. The van der Waals surface area contributed by atoms with Gasteiger partial charge in [-0.15, -0.1) is 0 Å². The zero-order valence-corrected chi connectivity index (χ0v) is 25.5. The van der Waals surface area contributed by atoms with Crippen molar-refractivity contribution < 1.29 is 14.3 Å². The van der Waals surface area contributed by atoms with E-state index in [1.165, 1.54) is 24.5 Å². The molecule has 0 aromatic heterocycles. The van der Waals surface area contributed by atoms with Gasteiger partial charge in [0.2, 0.25) is 5.91 Å². The molecule has 2 aliphatic carbocycles. The lowest BCUT2D eigenvalue weighted by Gasteiger charge is -2.59. The number of fused-ring (bicyclic) bond motifs is 1. The molecule has 0 spiro atoms. The van der Waals surface area contributed by atoms with Crippen LogP contribution in [0.15, 0.2) is 48.6 Å². The predicted molar refractivity (Wildman–Crippen MR) is 164 cm³/mol. The van der Waals surface area contributed by atoms with Crippen molar-refractivity contribution in [2.75, 3.05) is 39.3 Å². The van der Waals surface area contributed by atoms with Gasteiger partial charge in [0, 0.05) is 45.1 Å². The predicted octanol–water partition coefficient (Wildman–Crippen LogP) is 6.99. The largest absolute Gasteiger partial charge is 0.466 e. The molecule has 0 unspecified atom stereocenters. The van der Waals surface area contributed by atoms with Crippen LogP contribution >= 0.6 is 0 Å². The first-order chi connectivity index (χ1) is 19.1. The van der Waals surface area contributed by atoms with Gasteiger partial charge in [-0.25, -0.2) is 0 Å². The molecule has 1 aromatic carbocycles. The number of ether oxygens (including phenoxy) is 1. The number of piperazine rings is 1. The number of hydrogen-bond acceptors (Lipinski definition) is 4. The maximum atomic E-state index is 14.2. The van der Waals surface area contributed by atoms with E-state index in [0.717, 1.165) is 77.7 Å². The van der Waals surface area contributed by atoms with E-state index in [1.54, 1.807) is 0 Å². The van der Waals surface area contributed by atoms with Crippen LogP contribution in [-0.4, -0.2) is 61.0 Å². The van der Waals surface area contributed by atoms with Gasteiger partial charge in [-0.3, -0.25) is 14.5 Å². The van der Waals surface area contributed by atoms with Crippen LogP contribution < -0.4 is 0 Å². The molecule has 1 saturated heterocycles. The maximum absolute atomic E-state index is 14.2. The Bertz CT molecular complexity index is 1040. The van der Waals surface area contributed by atoms with E-state index in [0.29, 0.717) is 30.3 Å². The van der Waals surface area contributed by atoms with Gasteiger partial charge in [-0.1, -0.05) is 81.8 Å². The van der Waals surface area contributed by atoms with Crippen LogP contribution in [0.5, 0.6) is 0 Å². The standard InChI is InChI=1S/C35H52N2O3/c1-27(18-26-40-29(3)38)14-16-31-28(2)15-17-32-34(31,4)19-10-20-35(32,5)33(39)37-24-22-36(23-25-37)21-9-13-30-11-7-6-8-12-30/h6-9,11-13,27,31-32H,2,10,14-26H2,1,3-5H3/b13-9+/t27-,31-,32+,34+,35-/m0/s1. The highest BCUT2D eigenvalue weighted by Gasteiger charge is 2.57. The second-order valence-electron chi connectivity index (χ2n) is 13.3. The van der Waals surface area contributed by atoms with Crippen molar-refractivity contribution in [1.82, 2.24) is 9.80 Å². The van der Waals surface area contributed by atoms with Crippen molar-refractivity contribution in [3.8, 4) is 0 Å². The molecule has 40 heavy (non-hydrogen) atoms. The average Bonchev–Trinajstić information content (AvgIpc) is 2.93. The minimum Gasteiger partial charge on any atom is -0.466 e. The van der Waals surface area contributed by atoms with Gasteiger partial charge in [0.25, 0.3) is 0 Å². The van der Waals surface area contributed by atoms with Crippen molar-refractivity contribution in [2.24, 2.45) is 28.6 Å². The molecule has 220 valence electrons. The third kappa shape index (κ3) is 7.08. The molecule has 1 aliphatic heterocycles. The summed E-state index contributed by atoms with van der Waals surface area (Å²) in [5.74, 6) is 1.56. The maximum Gasteiger partial charge on any atom is 0.302 e. The molecule has 3 aliphatic rings. The molecular formula is C35H52N2O3. The van der Waals surface area contributed by atoms with E-state index in [4.69, 9.17) is 4.74 Å². The molecular weight excluding hydrogens is 496 g/mol. The van der Waals surface area contributed by atoms with E-state index in [-0.39, 0.29) is 16.8 Å².